The first kappa shape index (κ1) is 13.7. The third-order valence-corrected chi connectivity index (χ3v) is 3.29. The van der Waals surface area contributed by atoms with Gasteiger partial charge in [-0.1, -0.05) is 12.7 Å². The van der Waals surface area contributed by atoms with Crippen LogP contribution in [0.3, 0.4) is 0 Å². The van der Waals surface area contributed by atoms with Crippen LogP contribution in [0, 0.1) is 0 Å². The van der Waals surface area contributed by atoms with Gasteiger partial charge in [0.05, 0.1) is 3.79 Å². The van der Waals surface area contributed by atoms with Crippen molar-refractivity contribution >= 4 is 39.3 Å². The lowest BCUT2D eigenvalue weighted by Crippen LogP contribution is -2.33. The van der Waals surface area contributed by atoms with Crippen LogP contribution < -0.4 is 5.32 Å². The molecule has 0 aliphatic rings. The van der Waals surface area contributed by atoms with E-state index in [2.05, 4.69) is 32.6 Å². The van der Waals surface area contributed by atoms with Crippen molar-refractivity contribution in [2.75, 3.05) is 6.61 Å². The number of hydrogen-bond acceptors (Lipinski definition) is 4. The number of carbonyl (C=O) groups excluding carboxylic acids is 1. The fourth-order valence-electron chi connectivity index (χ4n) is 1.06. The molecule has 1 unspecified atom stereocenters. The van der Waals surface area contributed by atoms with Crippen molar-refractivity contribution in [3.63, 3.8) is 0 Å². The highest BCUT2D eigenvalue weighted by atomic mass is 79.9. The molecule has 1 aromatic rings. The number of carbonyl (C=O) groups is 2. The molecule has 1 amide bonds. The van der Waals surface area contributed by atoms with Crippen molar-refractivity contribution in [3.05, 3.63) is 33.5 Å². The minimum Gasteiger partial charge on any atom is -0.479 e. The Balaban J connectivity index is 2.70. The predicted octanol–water partition coefficient (Wildman–Crippen LogP) is 2.55. The first-order valence-electron chi connectivity index (χ1n) is 4.55. The molecular weight excluding hydrogens is 310 g/mol. The number of halogens is 1. The van der Waals surface area contributed by atoms with E-state index in [1.54, 1.807) is 11.4 Å². The smallest absolute Gasteiger partial charge is 0.408 e. The van der Waals surface area contributed by atoms with Gasteiger partial charge in [0.2, 0.25) is 0 Å². The van der Waals surface area contributed by atoms with E-state index in [1.165, 1.54) is 17.4 Å². The molecule has 92 valence electrons. The largest absolute Gasteiger partial charge is 0.479 e. The highest BCUT2D eigenvalue weighted by molar-refractivity contribution is 9.11. The van der Waals surface area contributed by atoms with E-state index >= 15 is 0 Å². The summed E-state index contributed by atoms with van der Waals surface area (Å²) >= 11 is 4.57. The van der Waals surface area contributed by atoms with Gasteiger partial charge in [0.15, 0.2) is 6.04 Å². The van der Waals surface area contributed by atoms with Gasteiger partial charge in [0.25, 0.3) is 0 Å². The molecule has 0 saturated carbocycles. The van der Waals surface area contributed by atoms with Crippen LogP contribution >= 0.6 is 27.3 Å². The van der Waals surface area contributed by atoms with Crippen molar-refractivity contribution in [3.8, 4) is 0 Å². The summed E-state index contributed by atoms with van der Waals surface area (Å²) in [5.41, 5.74) is 0.491. The summed E-state index contributed by atoms with van der Waals surface area (Å²) in [5, 5.41) is 12.9. The molecular formula is C10H10BrNO4S. The zero-order valence-corrected chi connectivity index (χ0v) is 11.1. The highest BCUT2D eigenvalue weighted by Gasteiger charge is 2.23. The molecule has 1 heterocycles. The monoisotopic (exact) mass is 319 g/mol. The van der Waals surface area contributed by atoms with E-state index in [0.29, 0.717) is 5.56 Å². The molecule has 0 fully saturated rings. The second-order valence-corrected chi connectivity index (χ2v) is 5.28. The molecule has 2 N–H and O–H groups in total. The number of carboxylic acid groups (broad SMARTS) is 1. The number of rotatable bonds is 5. The normalized spacial score (nSPS) is 11.6. The van der Waals surface area contributed by atoms with Crippen LogP contribution in [0.25, 0.3) is 0 Å². The lowest BCUT2D eigenvalue weighted by Gasteiger charge is -2.12. The van der Waals surface area contributed by atoms with Crippen LogP contribution in [0.1, 0.15) is 11.6 Å². The standard InChI is InChI=1S/C10H10BrNO4S/c1-2-3-16-10(15)12-8(9(13)14)6-4-7(11)17-5-6/h2,4-5,8H,1,3H2,(H,12,15)(H,13,14). The van der Waals surface area contributed by atoms with Crippen molar-refractivity contribution in [2.45, 2.75) is 6.04 Å². The Morgan fingerprint density at radius 1 is 1.71 bits per heavy atom. The molecule has 17 heavy (non-hydrogen) atoms. The van der Waals surface area contributed by atoms with Crippen LogP contribution in [0.15, 0.2) is 27.9 Å². The summed E-state index contributed by atoms with van der Waals surface area (Å²) in [6, 6.07) is 0.520. The molecule has 0 saturated heterocycles. The Morgan fingerprint density at radius 3 is 2.88 bits per heavy atom. The van der Waals surface area contributed by atoms with Gasteiger partial charge in [-0.15, -0.1) is 11.3 Å². The van der Waals surface area contributed by atoms with Crippen molar-refractivity contribution in [1.29, 1.82) is 0 Å². The summed E-state index contributed by atoms with van der Waals surface area (Å²) in [4.78, 5) is 22.3. The lowest BCUT2D eigenvalue weighted by molar-refractivity contribution is -0.139. The second kappa shape index (κ2) is 6.41. The molecule has 7 heteroatoms. The van der Waals surface area contributed by atoms with E-state index in [1.807, 2.05) is 0 Å². The minimum absolute atomic E-state index is 0.0332. The minimum atomic E-state index is -1.15. The van der Waals surface area contributed by atoms with E-state index in [4.69, 9.17) is 5.11 Å². The Hall–Kier alpha value is -1.34. The zero-order valence-electron chi connectivity index (χ0n) is 8.68. The number of alkyl carbamates (subject to hydrolysis) is 1. The maximum absolute atomic E-state index is 11.2. The van der Waals surface area contributed by atoms with Gasteiger partial charge >= 0.3 is 12.1 Å². The Labute approximate surface area is 110 Å². The van der Waals surface area contributed by atoms with Gasteiger partial charge in [-0.05, 0) is 32.9 Å². The SMILES string of the molecule is C=CCOC(=O)NC(C(=O)O)c1csc(Br)c1. The molecule has 0 spiro atoms. The van der Waals surface area contributed by atoms with Gasteiger partial charge < -0.3 is 15.2 Å². The average molecular weight is 320 g/mol. The quantitative estimate of drug-likeness (QED) is 0.818. The molecule has 0 bridgehead atoms. The van der Waals surface area contributed by atoms with Gasteiger partial charge in [-0.25, -0.2) is 9.59 Å². The predicted molar refractivity (Wildman–Crippen MR) is 67.1 cm³/mol. The maximum Gasteiger partial charge on any atom is 0.408 e. The molecule has 1 aromatic heterocycles. The molecule has 0 aromatic carbocycles. The average Bonchev–Trinajstić information content (AvgIpc) is 2.69. The van der Waals surface area contributed by atoms with Crippen LogP contribution in [0.5, 0.6) is 0 Å². The summed E-state index contributed by atoms with van der Waals surface area (Å²) < 4.78 is 5.45. The van der Waals surface area contributed by atoms with Crippen LogP contribution in [-0.2, 0) is 9.53 Å². The van der Waals surface area contributed by atoms with Gasteiger partial charge in [-0.2, -0.15) is 0 Å². The summed E-state index contributed by atoms with van der Waals surface area (Å²) in [7, 11) is 0. The first-order chi connectivity index (χ1) is 8.04. The fourth-order valence-corrected chi connectivity index (χ4v) is 2.26. The molecule has 0 radical (unpaired) electrons. The zero-order chi connectivity index (χ0) is 12.8. The Kier molecular flexibility index (Phi) is 5.17. The van der Waals surface area contributed by atoms with Gasteiger partial charge in [-0.3, -0.25) is 0 Å². The van der Waals surface area contributed by atoms with Gasteiger partial charge in [0, 0.05) is 0 Å². The van der Waals surface area contributed by atoms with Crippen LogP contribution in [-0.4, -0.2) is 23.8 Å². The third kappa shape index (κ3) is 4.20. The van der Waals surface area contributed by atoms with E-state index in [-0.39, 0.29) is 6.61 Å². The Bertz CT molecular complexity index is 432. The van der Waals surface area contributed by atoms with E-state index in [9.17, 15) is 9.59 Å². The lowest BCUT2D eigenvalue weighted by atomic mass is 10.1. The number of nitrogens with one attached hydrogen (secondary N) is 1. The van der Waals surface area contributed by atoms with Crippen LogP contribution in [0.4, 0.5) is 4.79 Å². The van der Waals surface area contributed by atoms with Crippen LogP contribution in [0.2, 0.25) is 0 Å². The van der Waals surface area contributed by atoms with E-state index < -0.39 is 18.1 Å². The summed E-state index contributed by atoms with van der Waals surface area (Å²) in [5.74, 6) is -1.15. The molecule has 1 rings (SSSR count). The highest BCUT2D eigenvalue weighted by Crippen LogP contribution is 2.25. The van der Waals surface area contributed by atoms with E-state index in [0.717, 1.165) is 3.79 Å². The number of aliphatic carboxylic acids is 1. The fraction of sp³-hybridized carbons (Fsp3) is 0.200. The topological polar surface area (TPSA) is 75.6 Å². The van der Waals surface area contributed by atoms with Gasteiger partial charge in [0.1, 0.15) is 6.61 Å². The maximum atomic E-state index is 11.2. The number of hydrogen-bond donors (Lipinski definition) is 2. The molecule has 5 nitrogen and oxygen atoms in total. The molecule has 0 aliphatic heterocycles. The van der Waals surface area contributed by atoms with Crippen molar-refractivity contribution < 1.29 is 19.4 Å². The Morgan fingerprint density at radius 2 is 2.41 bits per heavy atom. The number of carboxylic acids is 1. The number of amides is 1. The first-order valence-corrected chi connectivity index (χ1v) is 6.22. The number of thiophene rings is 1. The number of ether oxygens (including phenoxy) is 1. The third-order valence-electron chi connectivity index (χ3n) is 1.76. The molecule has 1 atom stereocenters. The summed E-state index contributed by atoms with van der Waals surface area (Å²) in [6.45, 7) is 3.42. The van der Waals surface area contributed by atoms with Crippen molar-refractivity contribution in [2.24, 2.45) is 0 Å². The molecule has 0 aliphatic carbocycles. The second-order valence-electron chi connectivity index (χ2n) is 2.99. The van der Waals surface area contributed by atoms with Crippen molar-refractivity contribution in [1.82, 2.24) is 5.32 Å². The summed E-state index contributed by atoms with van der Waals surface area (Å²) in [6.07, 6.45) is 0.607.